The van der Waals surface area contributed by atoms with Crippen LogP contribution in [0.15, 0.2) is 34.8 Å². The molecule has 1 fully saturated rings. The molecule has 2 aromatic rings. The first-order valence-corrected chi connectivity index (χ1v) is 11.0. The van der Waals surface area contributed by atoms with E-state index in [9.17, 15) is 9.90 Å². The zero-order chi connectivity index (χ0) is 20.3. The summed E-state index contributed by atoms with van der Waals surface area (Å²) in [5.41, 5.74) is 3.03. The first-order valence-electron chi connectivity index (χ1n) is 8.77. The van der Waals surface area contributed by atoms with Crippen molar-refractivity contribution in [1.29, 1.82) is 0 Å². The van der Waals surface area contributed by atoms with Gasteiger partial charge in [0, 0.05) is 16.3 Å². The predicted molar refractivity (Wildman–Crippen MR) is 116 cm³/mol. The van der Waals surface area contributed by atoms with E-state index in [1.807, 2.05) is 38.1 Å². The predicted octanol–water partition coefficient (Wildman–Crippen LogP) is 4.97. The van der Waals surface area contributed by atoms with Crippen molar-refractivity contribution in [2.45, 2.75) is 25.3 Å². The summed E-state index contributed by atoms with van der Waals surface area (Å²) >= 11 is 11.2. The first kappa shape index (κ1) is 21.3. The van der Waals surface area contributed by atoms with Crippen LogP contribution in [0.3, 0.4) is 0 Å². The smallest absolute Gasteiger partial charge is 0.321 e. The van der Waals surface area contributed by atoms with Crippen molar-refractivity contribution in [3.05, 3.63) is 56.5 Å². The molecule has 3 rings (SSSR count). The van der Waals surface area contributed by atoms with Crippen molar-refractivity contribution < 1.29 is 19.4 Å². The van der Waals surface area contributed by atoms with Crippen LogP contribution in [-0.4, -0.2) is 36.1 Å². The molecule has 0 aromatic heterocycles. The van der Waals surface area contributed by atoms with E-state index in [4.69, 9.17) is 21.1 Å². The Labute approximate surface area is 181 Å². The van der Waals surface area contributed by atoms with Crippen LogP contribution in [0.25, 0.3) is 0 Å². The van der Waals surface area contributed by atoms with E-state index in [1.165, 1.54) is 11.8 Å². The van der Waals surface area contributed by atoms with E-state index in [1.54, 1.807) is 6.07 Å². The second-order valence-electron chi connectivity index (χ2n) is 6.54. The van der Waals surface area contributed by atoms with E-state index in [0.717, 1.165) is 26.9 Å². The Morgan fingerprint density at radius 2 is 2.04 bits per heavy atom. The van der Waals surface area contributed by atoms with Crippen molar-refractivity contribution in [2.75, 3.05) is 19.0 Å². The van der Waals surface area contributed by atoms with Gasteiger partial charge in [0.25, 0.3) is 0 Å². The largest absolute Gasteiger partial charge is 0.490 e. The topological polar surface area (TPSA) is 67.8 Å². The SMILES string of the molecule is Cc1ccc(C)c(OCCOc2c(Br)cc(Cl)cc2C2NC(C(=O)O)CS2)c1. The highest BCUT2D eigenvalue weighted by Gasteiger charge is 2.32. The standard InChI is InChI=1S/C20H21BrClNO4S/c1-11-3-4-12(2)17(7-11)26-5-6-27-18-14(8-13(22)9-15(18)21)19-23-16(10-28-19)20(24)25/h3-4,7-9,16,19,23H,5-6,10H2,1-2H3,(H,24,25). The quantitative estimate of drug-likeness (QED) is 0.539. The lowest BCUT2D eigenvalue weighted by Gasteiger charge is -2.19. The van der Waals surface area contributed by atoms with Gasteiger partial charge in [-0.05, 0) is 59.1 Å². The fourth-order valence-corrected chi connectivity index (χ4v) is 5.07. The maximum atomic E-state index is 11.2. The summed E-state index contributed by atoms with van der Waals surface area (Å²) in [6.45, 7) is 4.77. The van der Waals surface area contributed by atoms with Crippen LogP contribution in [-0.2, 0) is 4.79 Å². The molecule has 1 aliphatic rings. The van der Waals surface area contributed by atoms with E-state index in [0.29, 0.717) is 29.7 Å². The molecule has 0 bridgehead atoms. The number of hydrogen-bond donors (Lipinski definition) is 2. The number of hydrogen-bond acceptors (Lipinski definition) is 5. The number of benzene rings is 2. The Bertz CT molecular complexity index is 880. The summed E-state index contributed by atoms with van der Waals surface area (Å²) < 4.78 is 12.6. The van der Waals surface area contributed by atoms with Crippen LogP contribution in [0, 0.1) is 13.8 Å². The molecule has 2 atom stereocenters. The van der Waals surface area contributed by atoms with Crippen molar-refractivity contribution >= 4 is 45.3 Å². The maximum Gasteiger partial charge on any atom is 0.321 e. The molecule has 8 heteroatoms. The summed E-state index contributed by atoms with van der Waals surface area (Å²) in [6, 6.07) is 9.06. The number of carboxylic acids is 1. The molecule has 0 amide bonds. The Balaban J connectivity index is 1.68. The molecule has 2 unspecified atom stereocenters. The molecular weight excluding hydrogens is 466 g/mol. The first-order chi connectivity index (χ1) is 13.3. The van der Waals surface area contributed by atoms with Crippen molar-refractivity contribution in [3.63, 3.8) is 0 Å². The lowest BCUT2D eigenvalue weighted by atomic mass is 10.1. The third-order valence-corrected chi connectivity index (χ3v) is 6.39. The highest BCUT2D eigenvalue weighted by Crippen LogP contribution is 2.42. The van der Waals surface area contributed by atoms with E-state index in [-0.39, 0.29) is 5.37 Å². The van der Waals surface area contributed by atoms with Gasteiger partial charge in [0.2, 0.25) is 0 Å². The van der Waals surface area contributed by atoms with Gasteiger partial charge >= 0.3 is 5.97 Å². The van der Waals surface area contributed by atoms with Crippen LogP contribution in [0.2, 0.25) is 5.02 Å². The minimum Gasteiger partial charge on any atom is -0.490 e. The summed E-state index contributed by atoms with van der Waals surface area (Å²) in [7, 11) is 0. The fourth-order valence-electron chi connectivity index (χ4n) is 2.88. The number of halogens is 2. The number of aliphatic carboxylic acids is 1. The van der Waals surface area contributed by atoms with Crippen LogP contribution in [0.4, 0.5) is 0 Å². The number of thioether (sulfide) groups is 1. The second-order valence-corrected chi connectivity index (χ2v) is 8.97. The number of carboxylic acid groups (broad SMARTS) is 1. The molecule has 2 N–H and O–H groups in total. The maximum absolute atomic E-state index is 11.2. The van der Waals surface area contributed by atoms with Gasteiger partial charge in [0.15, 0.2) is 0 Å². The molecule has 0 radical (unpaired) electrons. The average Bonchev–Trinajstić information content (AvgIpc) is 3.12. The van der Waals surface area contributed by atoms with Gasteiger partial charge < -0.3 is 14.6 Å². The number of carbonyl (C=O) groups is 1. The van der Waals surface area contributed by atoms with Crippen LogP contribution >= 0.6 is 39.3 Å². The average molecular weight is 487 g/mol. The zero-order valence-corrected chi connectivity index (χ0v) is 18.7. The monoisotopic (exact) mass is 485 g/mol. The number of nitrogens with one attached hydrogen (secondary N) is 1. The molecule has 5 nitrogen and oxygen atoms in total. The fraction of sp³-hybridized carbons (Fsp3) is 0.350. The lowest BCUT2D eigenvalue weighted by molar-refractivity contribution is -0.138. The van der Waals surface area contributed by atoms with Crippen LogP contribution < -0.4 is 14.8 Å². The van der Waals surface area contributed by atoms with Crippen LogP contribution in [0.5, 0.6) is 11.5 Å². The summed E-state index contributed by atoms with van der Waals surface area (Å²) in [6.07, 6.45) is 0. The van der Waals surface area contributed by atoms with Gasteiger partial charge in [-0.25, -0.2) is 0 Å². The zero-order valence-electron chi connectivity index (χ0n) is 15.5. The molecule has 1 heterocycles. The summed E-state index contributed by atoms with van der Waals surface area (Å²) in [5.74, 6) is 1.11. The Morgan fingerprint density at radius 3 is 2.75 bits per heavy atom. The van der Waals surface area contributed by atoms with Gasteiger partial charge in [-0.3, -0.25) is 10.1 Å². The van der Waals surface area contributed by atoms with E-state index in [2.05, 4.69) is 21.2 Å². The number of rotatable bonds is 7. The molecule has 1 aliphatic heterocycles. The molecule has 0 saturated carbocycles. The third kappa shape index (κ3) is 5.14. The van der Waals surface area contributed by atoms with Crippen molar-refractivity contribution in [3.8, 4) is 11.5 Å². The second kappa shape index (κ2) is 9.39. The van der Waals surface area contributed by atoms with Gasteiger partial charge in [-0.15, -0.1) is 11.8 Å². The van der Waals surface area contributed by atoms with Crippen molar-refractivity contribution in [2.24, 2.45) is 0 Å². The molecular formula is C20H21BrClNO4S. The Morgan fingerprint density at radius 1 is 1.29 bits per heavy atom. The van der Waals surface area contributed by atoms with Gasteiger partial charge in [-0.1, -0.05) is 23.7 Å². The van der Waals surface area contributed by atoms with Gasteiger partial charge in [-0.2, -0.15) is 0 Å². The molecule has 0 spiro atoms. The Hall–Kier alpha value is -1.41. The normalized spacial score (nSPS) is 18.9. The molecule has 0 aliphatic carbocycles. The summed E-state index contributed by atoms with van der Waals surface area (Å²) in [5, 5.41) is 12.7. The molecule has 1 saturated heterocycles. The molecule has 28 heavy (non-hydrogen) atoms. The van der Waals surface area contributed by atoms with E-state index < -0.39 is 12.0 Å². The third-order valence-electron chi connectivity index (χ3n) is 4.33. The number of aryl methyl sites for hydroxylation is 2. The van der Waals surface area contributed by atoms with Gasteiger partial charge in [0.05, 0.1) is 9.85 Å². The van der Waals surface area contributed by atoms with E-state index >= 15 is 0 Å². The minimum atomic E-state index is -0.861. The highest BCUT2D eigenvalue weighted by molar-refractivity contribution is 9.10. The Kier molecular flexibility index (Phi) is 7.15. The van der Waals surface area contributed by atoms with Crippen molar-refractivity contribution in [1.82, 2.24) is 5.32 Å². The minimum absolute atomic E-state index is 0.203. The number of ether oxygens (including phenoxy) is 2. The molecule has 2 aromatic carbocycles. The van der Waals surface area contributed by atoms with Crippen LogP contribution in [0.1, 0.15) is 22.1 Å². The summed E-state index contributed by atoms with van der Waals surface area (Å²) in [4.78, 5) is 11.2. The molecule has 150 valence electrons. The van der Waals surface area contributed by atoms with Gasteiger partial charge in [0.1, 0.15) is 30.8 Å². The lowest BCUT2D eigenvalue weighted by Crippen LogP contribution is -2.33. The highest BCUT2D eigenvalue weighted by atomic mass is 79.9.